The highest BCUT2D eigenvalue weighted by Gasteiger charge is 2.06. The number of benzene rings is 4. The average Bonchev–Trinajstić information content (AvgIpc) is 2.88. The summed E-state index contributed by atoms with van der Waals surface area (Å²) < 4.78 is 0. The van der Waals surface area contributed by atoms with Crippen LogP contribution in [0.1, 0.15) is 41.4 Å². The Morgan fingerprint density at radius 2 is 0.531 bits per heavy atom. The van der Waals surface area contributed by atoms with Gasteiger partial charge in [0.1, 0.15) is 25.1 Å². The lowest BCUT2D eigenvalue weighted by molar-refractivity contribution is 0.111. The van der Waals surface area contributed by atoms with Crippen LogP contribution in [0, 0.1) is 0 Å². The van der Waals surface area contributed by atoms with E-state index in [9.17, 15) is 19.2 Å². The highest BCUT2D eigenvalue weighted by molar-refractivity contribution is 5.88. The summed E-state index contributed by atoms with van der Waals surface area (Å²) >= 11 is 0. The van der Waals surface area contributed by atoms with Crippen molar-refractivity contribution in [2.24, 2.45) is 0 Å². The first kappa shape index (κ1) is 20.8. The molecule has 0 N–H and O–H groups in total. The van der Waals surface area contributed by atoms with Crippen molar-refractivity contribution < 1.29 is 19.2 Å². The van der Waals surface area contributed by atoms with Crippen LogP contribution in [0.5, 0.6) is 0 Å². The van der Waals surface area contributed by atoms with E-state index in [2.05, 4.69) is 0 Å². The molecule has 0 heterocycles. The van der Waals surface area contributed by atoms with Crippen molar-refractivity contribution in [1.82, 2.24) is 0 Å². The molecule has 0 spiro atoms. The molecule has 0 unspecified atom stereocenters. The molecular weight excluding hydrogens is 400 g/mol. The van der Waals surface area contributed by atoms with Crippen LogP contribution in [0.3, 0.4) is 0 Å². The van der Waals surface area contributed by atoms with Crippen LogP contribution in [0.25, 0.3) is 33.4 Å². The Labute approximate surface area is 185 Å². The molecule has 4 nitrogen and oxygen atoms in total. The zero-order valence-electron chi connectivity index (χ0n) is 17.0. The molecular formula is C28H18O4. The summed E-state index contributed by atoms with van der Waals surface area (Å²) in [5.41, 5.74) is 7.28. The van der Waals surface area contributed by atoms with Gasteiger partial charge in [0.05, 0.1) is 0 Å². The molecule has 0 fully saturated rings. The van der Waals surface area contributed by atoms with Gasteiger partial charge in [-0.25, -0.2) is 0 Å². The van der Waals surface area contributed by atoms with Gasteiger partial charge in [-0.1, -0.05) is 48.5 Å². The minimum Gasteiger partial charge on any atom is -0.298 e. The van der Waals surface area contributed by atoms with Crippen molar-refractivity contribution >= 4 is 25.1 Å². The Bertz CT molecular complexity index is 1160. The van der Waals surface area contributed by atoms with Crippen molar-refractivity contribution in [2.45, 2.75) is 0 Å². The molecule has 4 heteroatoms. The summed E-state index contributed by atoms with van der Waals surface area (Å²) in [6.45, 7) is 0. The molecule has 32 heavy (non-hydrogen) atoms. The molecule has 4 aromatic carbocycles. The molecule has 4 aromatic rings. The zero-order chi connectivity index (χ0) is 22.5. The number of carbonyl (C=O) groups is 4. The van der Waals surface area contributed by atoms with Gasteiger partial charge in [0.2, 0.25) is 0 Å². The molecule has 0 atom stereocenters. The van der Waals surface area contributed by atoms with Gasteiger partial charge in [-0.2, -0.15) is 0 Å². The molecule has 0 aliphatic rings. The predicted octanol–water partition coefficient (Wildman–Crippen LogP) is 5.94. The van der Waals surface area contributed by atoms with Crippen LogP contribution in [-0.4, -0.2) is 25.1 Å². The van der Waals surface area contributed by atoms with E-state index < -0.39 is 0 Å². The Balaban J connectivity index is 1.62. The van der Waals surface area contributed by atoms with Crippen LogP contribution in [-0.2, 0) is 0 Å². The molecule has 0 saturated heterocycles. The quantitative estimate of drug-likeness (QED) is 0.349. The van der Waals surface area contributed by atoms with E-state index in [0.29, 0.717) is 22.3 Å². The lowest BCUT2D eigenvalue weighted by Crippen LogP contribution is -1.89. The molecule has 0 aliphatic heterocycles. The van der Waals surface area contributed by atoms with E-state index in [4.69, 9.17) is 0 Å². The first-order chi connectivity index (χ1) is 15.6. The van der Waals surface area contributed by atoms with Crippen molar-refractivity contribution in [3.63, 3.8) is 0 Å². The fourth-order valence-electron chi connectivity index (χ4n) is 3.67. The first-order valence-corrected chi connectivity index (χ1v) is 9.95. The lowest BCUT2D eigenvalue weighted by atomic mass is 9.96. The summed E-state index contributed by atoms with van der Waals surface area (Å²) in [6.07, 6.45) is 2.93. The molecule has 0 radical (unpaired) electrons. The average molecular weight is 418 g/mol. The summed E-state index contributed by atoms with van der Waals surface area (Å²) in [6, 6.07) is 25.9. The second-order valence-corrected chi connectivity index (χ2v) is 7.40. The summed E-state index contributed by atoms with van der Waals surface area (Å²) in [5.74, 6) is 0. The van der Waals surface area contributed by atoms with Crippen molar-refractivity contribution in [1.29, 1.82) is 0 Å². The number of carbonyl (C=O) groups excluding carboxylic acids is 4. The van der Waals surface area contributed by atoms with Crippen LogP contribution in [0.15, 0.2) is 84.9 Å². The number of aldehydes is 4. The fraction of sp³-hybridized carbons (Fsp3) is 0. The SMILES string of the molecule is O=Cc1cc(C=O)cc(-c2ccc(-c3ccc(-c4cc(C=O)cc(C=O)c4)cc3)cc2)c1. The molecule has 0 aliphatic carbocycles. The second kappa shape index (κ2) is 9.14. The monoisotopic (exact) mass is 418 g/mol. The molecule has 0 amide bonds. The smallest absolute Gasteiger partial charge is 0.150 e. The number of rotatable bonds is 7. The lowest BCUT2D eigenvalue weighted by Gasteiger charge is -2.08. The Morgan fingerprint density at radius 1 is 0.312 bits per heavy atom. The number of hydrogen-bond acceptors (Lipinski definition) is 4. The molecule has 154 valence electrons. The molecule has 0 saturated carbocycles. The highest BCUT2D eigenvalue weighted by Crippen LogP contribution is 2.29. The maximum absolute atomic E-state index is 11.1. The summed E-state index contributed by atoms with van der Waals surface area (Å²) in [7, 11) is 0. The standard InChI is InChI=1S/C28H18O4/c29-15-19-9-20(16-30)12-27(11-19)25-5-1-23(2-6-25)24-3-7-26(8-4-24)28-13-21(17-31)10-22(14-28)18-32/h1-18H. The third-order valence-electron chi connectivity index (χ3n) is 5.27. The Morgan fingerprint density at radius 3 is 0.750 bits per heavy atom. The van der Waals surface area contributed by atoms with Crippen LogP contribution >= 0.6 is 0 Å². The second-order valence-electron chi connectivity index (χ2n) is 7.40. The Hall–Kier alpha value is -4.44. The van der Waals surface area contributed by atoms with Gasteiger partial charge in [-0.3, -0.25) is 19.2 Å². The highest BCUT2D eigenvalue weighted by atomic mass is 16.1. The largest absolute Gasteiger partial charge is 0.298 e. The molecule has 0 aromatic heterocycles. The normalized spacial score (nSPS) is 10.4. The minimum atomic E-state index is 0.459. The van der Waals surface area contributed by atoms with Gasteiger partial charge in [0.25, 0.3) is 0 Å². The van der Waals surface area contributed by atoms with Crippen molar-refractivity contribution in [3.05, 3.63) is 107 Å². The third kappa shape index (κ3) is 4.35. The van der Waals surface area contributed by atoms with Gasteiger partial charge in [0, 0.05) is 22.3 Å². The van der Waals surface area contributed by atoms with Crippen LogP contribution < -0.4 is 0 Å². The maximum Gasteiger partial charge on any atom is 0.150 e. The zero-order valence-corrected chi connectivity index (χ0v) is 17.0. The van der Waals surface area contributed by atoms with E-state index in [1.54, 1.807) is 36.4 Å². The summed E-state index contributed by atoms with van der Waals surface area (Å²) in [4.78, 5) is 44.6. The Kier molecular flexibility index (Phi) is 5.95. The topological polar surface area (TPSA) is 68.3 Å². The van der Waals surface area contributed by atoms with Crippen LogP contribution in [0.4, 0.5) is 0 Å². The van der Waals surface area contributed by atoms with E-state index in [1.165, 1.54) is 0 Å². The number of hydrogen-bond donors (Lipinski definition) is 0. The minimum absolute atomic E-state index is 0.459. The fourth-order valence-corrected chi connectivity index (χ4v) is 3.67. The molecule has 0 bridgehead atoms. The van der Waals surface area contributed by atoms with E-state index in [-0.39, 0.29) is 0 Å². The van der Waals surface area contributed by atoms with Gasteiger partial charge in [0.15, 0.2) is 0 Å². The van der Waals surface area contributed by atoms with E-state index in [1.807, 2.05) is 48.5 Å². The van der Waals surface area contributed by atoms with Crippen molar-refractivity contribution in [3.8, 4) is 33.4 Å². The maximum atomic E-state index is 11.1. The molecule has 4 rings (SSSR count). The van der Waals surface area contributed by atoms with Gasteiger partial charge >= 0.3 is 0 Å². The van der Waals surface area contributed by atoms with Crippen LogP contribution in [0.2, 0.25) is 0 Å². The first-order valence-electron chi connectivity index (χ1n) is 9.95. The third-order valence-corrected chi connectivity index (χ3v) is 5.27. The summed E-state index contributed by atoms with van der Waals surface area (Å²) in [5, 5.41) is 0. The van der Waals surface area contributed by atoms with Crippen molar-refractivity contribution in [2.75, 3.05) is 0 Å². The van der Waals surface area contributed by atoms with Gasteiger partial charge in [-0.05, 0) is 69.8 Å². The van der Waals surface area contributed by atoms with Gasteiger partial charge in [-0.15, -0.1) is 0 Å². The van der Waals surface area contributed by atoms with Gasteiger partial charge < -0.3 is 0 Å². The van der Waals surface area contributed by atoms with E-state index >= 15 is 0 Å². The predicted molar refractivity (Wildman–Crippen MR) is 124 cm³/mol. The van der Waals surface area contributed by atoms with E-state index in [0.717, 1.165) is 58.5 Å².